The molecule has 0 atom stereocenters. The van der Waals surface area contributed by atoms with Crippen molar-refractivity contribution in [2.24, 2.45) is 0 Å². The van der Waals surface area contributed by atoms with Crippen molar-refractivity contribution in [3.63, 3.8) is 0 Å². The van der Waals surface area contributed by atoms with Crippen LogP contribution >= 0.6 is 11.6 Å². The van der Waals surface area contributed by atoms with Gasteiger partial charge < -0.3 is 4.74 Å². The van der Waals surface area contributed by atoms with Gasteiger partial charge in [-0.15, -0.1) is 0 Å². The number of methoxy groups -OCH3 is 1. The van der Waals surface area contributed by atoms with Crippen LogP contribution in [0.1, 0.15) is 5.56 Å². The van der Waals surface area contributed by atoms with Gasteiger partial charge in [0.15, 0.2) is 0 Å². The van der Waals surface area contributed by atoms with Crippen LogP contribution in [-0.2, 0) is 20.9 Å². The fourth-order valence-corrected chi connectivity index (χ4v) is 2.10. The molecule has 6 heteroatoms. The first-order chi connectivity index (χ1) is 10.5. The molecule has 0 fully saturated rings. The summed E-state index contributed by atoms with van der Waals surface area (Å²) in [6.07, 6.45) is 0. The summed E-state index contributed by atoms with van der Waals surface area (Å²) in [6.45, 7) is 0.258. The zero-order valence-electron chi connectivity index (χ0n) is 12.4. The third kappa shape index (κ3) is 3.89. The second kappa shape index (κ2) is 7.14. The summed E-state index contributed by atoms with van der Waals surface area (Å²) in [4.78, 5) is 25.2. The Balaban J connectivity index is 2.32. The maximum absolute atomic E-state index is 12.3. The first kappa shape index (κ1) is 16.1. The number of nitrogens with zero attached hydrogens (tertiary/aromatic N) is 1. The molecule has 0 aliphatic heterocycles. The highest BCUT2D eigenvalue weighted by molar-refractivity contribution is 6.38. The van der Waals surface area contributed by atoms with Gasteiger partial charge in [-0.1, -0.05) is 41.3 Å². The highest BCUT2D eigenvalue weighted by atomic mass is 35.5. The Hall–Kier alpha value is -2.27. The number of ether oxygens (including phenoxy) is 1. The zero-order valence-corrected chi connectivity index (χ0v) is 13.1. The number of carbonyl (C=O) groups excluding carboxylic acids is 2. The van der Waals surface area contributed by atoms with Crippen LogP contribution in [0.4, 0.5) is 5.69 Å². The van der Waals surface area contributed by atoms with Gasteiger partial charge in [-0.25, -0.2) is 4.79 Å². The van der Waals surface area contributed by atoms with Crippen molar-refractivity contribution < 1.29 is 14.3 Å². The fourth-order valence-electron chi connectivity index (χ4n) is 1.97. The van der Waals surface area contributed by atoms with E-state index in [2.05, 4.69) is 4.74 Å². The molecular formula is C16H15BClNO3. The lowest BCUT2D eigenvalue weighted by Crippen LogP contribution is -2.37. The highest BCUT2D eigenvalue weighted by Crippen LogP contribution is 2.18. The molecule has 0 aliphatic rings. The van der Waals surface area contributed by atoms with Crippen LogP contribution in [-0.4, -0.2) is 26.8 Å². The Labute approximate surface area is 135 Å². The number of carbonyl (C=O) groups is 2. The molecule has 0 spiro atoms. The molecule has 2 rings (SSSR count). The number of rotatable bonds is 3. The van der Waals surface area contributed by atoms with Crippen molar-refractivity contribution in [2.75, 3.05) is 12.0 Å². The molecule has 0 radical (unpaired) electrons. The van der Waals surface area contributed by atoms with Crippen molar-refractivity contribution in [1.82, 2.24) is 0 Å². The molecule has 2 aromatic rings. The smallest absolute Gasteiger partial charge is 0.397 e. The summed E-state index contributed by atoms with van der Waals surface area (Å²) in [5.41, 5.74) is 2.57. The molecule has 112 valence electrons. The molecule has 0 saturated heterocycles. The molecule has 0 heterocycles. The Kier molecular flexibility index (Phi) is 5.23. The largest absolute Gasteiger partial charge is 0.462 e. The minimum absolute atomic E-state index is 0.258. The normalized spacial score (nSPS) is 10.1. The lowest BCUT2D eigenvalue weighted by Gasteiger charge is -2.22. The second-order valence-corrected chi connectivity index (χ2v) is 5.28. The zero-order chi connectivity index (χ0) is 16.1. The Morgan fingerprint density at radius 1 is 1.09 bits per heavy atom. The number of benzene rings is 2. The van der Waals surface area contributed by atoms with Crippen molar-refractivity contribution >= 4 is 42.5 Å². The molecule has 0 N–H and O–H groups in total. The van der Waals surface area contributed by atoms with Crippen LogP contribution in [0.2, 0.25) is 5.02 Å². The van der Waals surface area contributed by atoms with Gasteiger partial charge in [0.2, 0.25) is 0 Å². The predicted molar refractivity (Wildman–Crippen MR) is 89.3 cm³/mol. The van der Waals surface area contributed by atoms with Crippen molar-refractivity contribution in [3.05, 3.63) is 59.1 Å². The molecule has 2 aromatic carbocycles. The van der Waals surface area contributed by atoms with Gasteiger partial charge in [-0.2, -0.15) is 0 Å². The van der Waals surface area contributed by atoms with E-state index in [0.717, 1.165) is 11.0 Å². The molecule has 22 heavy (non-hydrogen) atoms. The van der Waals surface area contributed by atoms with Crippen molar-refractivity contribution in [3.8, 4) is 0 Å². The van der Waals surface area contributed by atoms with E-state index in [9.17, 15) is 9.59 Å². The van der Waals surface area contributed by atoms with E-state index >= 15 is 0 Å². The number of halogens is 1. The second-order valence-electron chi connectivity index (χ2n) is 4.84. The summed E-state index contributed by atoms with van der Waals surface area (Å²) in [7, 11) is 3.14. The Morgan fingerprint density at radius 3 is 2.23 bits per heavy atom. The molecule has 0 aliphatic carbocycles. The van der Waals surface area contributed by atoms with Gasteiger partial charge in [0.25, 0.3) is 0 Å². The fraction of sp³-hybridized carbons (Fsp3) is 0.125. The van der Waals surface area contributed by atoms with Crippen molar-refractivity contribution in [2.45, 2.75) is 6.54 Å². The summed E-state index contributed by atoms with van der Waals surface area (Å²) in [5.74, 6) is -1.60. The van der Waals surface area contributed by atoms with Crippen LogP contribution in [0.3, 0.4) is 0 Å². The monoisotopic (exact) mass is 315 g/mol. The molecule has 0 aromatic heterocycles. The topological polar surface area (TPSA) is 46.6 Å². The minimum atomic E-state index is -0.894. The number of esters is 1. The summed E-state index contributed by atoms with van der Waals surface area (Å²) in [6, 6.07) is 14.5. The van der Waals surface area contributed by atoms with Crippen LogP contribution in [0, 0.1) is 0 Å². The van der Waals surface area contributed by atoms with E-state index in [-0.39, 0.29) is 6.54 Å². The standard InChI is InChI=1S/C16H15BClNO3/c1-22-16(21)15(20)19(14-8-4-12(17)5-9-14)10-11-2-6-13(18)7-3-11/h2-9H,10,17H2,1H3. The molecule has 1 amide bonds. The van der Waals surface area contributed by atoms with E-state index in [4.69, 9.17) is 11.6 Å². The van der Waals surface area contributed by atoms with Gasteiger partial charge in [0.1, 0.15) is 7.85 Å². The van der Waals surface area contributed by atoms with E-state index in [0.29, 0.717) is 10.7 Å². The van der Waals surface area contributed by atoms with E-state index < -0.39 is 11.9 Å². The summed E-state index contributed by atoms with van der Waals surface area (Å²) in [5, 5.41) is 0.616. The van der Waals surface area contributed by atoms with E-state index in [1.54, 1.807) is 24.3 Å². The molecule has 4 nitrogen and oxygen atoms in total. The maximum Gasteiger partial charge on any atom is 0.397 e. The third-order valence-corrected chi connectivity index (χ3v) is 3.46. The Morgan fingerprint density at radius 2 is 1.68 bits per heavy atom. The van der Waals surface area contributed by atoms with Gasteiger partial charge in [-0.3, -0.25) is 9.69 Å². The van der Waals surface area contributed by atoms with Gasteiger partial charge in [0.05, 0.1) is 13.7 Å². The number of hydrogen-bond acceptors (Lipinski definition) is 3. The van der Waals surface area contributed by atoms with Crippen LogP contribution in [0.5, 0.6) is 0 Å². The summed E-state index contributed by atoms with van der Waals surface area (Å²) >= 11 is 5.86. The minimum Gasteiger partial charge on any atom is -0.462 e. The number of amides is 1. The predicted octanol–water partition coefficient (Wildman–Crippen LogP) is 1.30. The maximum atomic E-state index is 12.3. The van der Waals surface area contributed by atoms with Crippen LogP contribution in [0.15, 0.2) is 48.5 Å². The number of anilines is 1. The quantitative estimate of drug-likeness (QED) is 0.487. The van der Waals surface area contributed by atoms with E-state index in [1.165, 1.54) is 12.0 Å². The van der Waals surface area contributed by atoms with Gasteiger partial charge in [0, 0.05) is 10.7 Å². The third-order valence-electron chi connectivity index (χ3n) is 3.20. The first-order valence-corrected chi connectivity index (χ1v) is 7.10. The van der Waals surface area contributed by atoms with E-state index in [1.807, 2.05) is 32.1 Å². The van der Waals surface area contributed by atoms with Crippen LogP contribution < -0.4 is 10.4 Å². The molecular weight excluding hydrogens is 300 g/mol. The lowest BCUT2D eigenvalue weighted by atomic mass is 9.96. The van der Waals surface area contributed by atoms with Gasteiger partial charge in [-0.05, 0) is 29.8 Å². The van der Waals surface area contributed by atoms with Gasteiger partial charge >= 0.3 is 11.9 Å². The average Bonchev–Trinajstić information content (AvgIpc) is 2.54. The SMILES string of the molecule is Bc1ccc(N(Cc2ccc(Cl)cc2)C(=O)C(=O)OC)cc1. The molecule has 0 saturated carbocycles. The first-order valence-electron chi connectivity index (χ1n) is 6.72. The van der Waals surface area contributed by atoms with Crippen LogP contribution in [0.25, 0.3) is 0 Å². The number of hydrogen-bond donors (Lipinski definition) is 0. The van der Waals surface area contributed by atoms with Crippen molar-refractivity contribution in [1.29, 1.82) is 0 Å². The lowest BCUT2D eigenvalue weighted by molar-refractivity contribution is -0.151. The molecule has 0 bridgehead atoms. The average molecular weight is 316 g/mol. The molecule has 0 unspecified atom stereocenters. The summed E-state index contributed by atoms with van der Waals surface area (Å²) < 4.78 is 4.54. The highest BCUT2D eigenvalue weighted by Gasteiger charge is 2.24. The Bertz CT molecular complexity index is 671.